The SMILES string of the molecule is CN=C(NCCCC(C)C)NCc1ccccc1COC. The molecular weight excluding hydrogens is 262 g/mol. The number of nitrogens with zero attached hydrogens (tertiary/aromatic N) is 1. The van der Waals surface area contributed by atoms with Crippen LogP contribution in [0, 0.1) is 5.92 Å². The number of benzene rings is 1. The van der Waals surface area contributed by atoms with Gasteiger partial charge in [-0.15, -0.1) is 0 Å². The maximum atomic E-state index is 5.23. The van der Waals surface area contributed by atoms with E-state index in [1.165, 1.54) is 24.0 Å². The van der Waals surface area contributed by atoms with E-state index in [-0.39, 0.29) is 0 Å². The maximum Gasteiger partial charge on any atom is 0.191 e. The molecule has 0 amide bonds. The van der Waals surface area contributed by atoms with Crippen molar-refractivity contribution in [3.05, 3.63) is 35.4 Å². The van der Waals surface area contributed by atoms with E-state index < -0.39 is 0 Å². The maximum absolute atomic E-state index is 5.23. The lowest BCUT2D eigenvalue weighted by molar-refractivity contribution is 0.184. The van der Waals surface area contributed by atoms with Crippen LogP contribution in [-0.2, 0) is 17.9 Å². The summed E-state index contributed by atoms with van der Waals surface area (Å²) in [5, 5.41) is 6.71. The van der Waals surface area contributed by atoms with Gasteiger partial charge in [0.05, 0.1) is 6.61 Å². The topological polar surface area (TPSA) is 45.7 Å². The predicted octanol–water partition coefficient (Wildman–Crippen LogP) is 2.93. The largest absolute Gasteiger partial charge is 0.380 e. The molecular formula is C17H29N3O. The third-order valence-electron chi connectivity index (χ3n) is 3.34. The lowest BCUT2D eigenvalue weighted by atomic mass is 10.1. The van der Waals surface area contributed by atoms with Gasteiger partial charge in [-0.1, -0.05) is 38.1 Å². The zero-order valence-corrected chi connectivity index (χ0v) is 13.8. The highest BCUT2D eigenvalue weighted by Crippen LogP contribution is 2.09. The summed E-state index contributed by atoms with van der Waals surface area (Å²) in [4.78, 5) is 4.26. The van der Waals surface area contributed by atoms with E-state index in [4.69, 9.17) is 4.74 Å². The van der Waals surface area contributed by atoms with Gasteiger partial charge in [-0.25, -0.2) is 0 Å². The van der Waals surface area contributed by atoms with Crippen LogP contribution in [0.1, 0.15) is 37.8 Å². The molecule has 0 unspecified atom stereocenters. The molecule has 0 spiro atoms. The second-order valence-electron chi connectivity index (χ2n) is 5.59. The number of hydrogen-bond donors (Lipinski definition) is 2. The number of guanidine groups is 1. The summed E-state index contributed by atoms with van der Waals surface area (Å²) >= 11 is 0. The van der Waals surface area contributed by atoms with Crippen LogP contribution < -0.4 is 10.6 Å². The molecule has 21 heavy (non-hydrogen) atoms. The quantitative estimate of drug-likeness (QED) is 0.440. The van der Waals surface area contributed by atoms with Gasteiger partial charge in [0.25, 0.3) is 0 Å². The van der Waals surface area contributed by atoms with Crippen LogP contribution in [0.2, 0.25) is 0 Å². The molecule has 4 nitrogen and oxygen atoms in total. The van der Waals surface area contributed by atoms with E-state index in [0.29, 0.717) is 6.61 Å². The van der Waals surface area contributed by atoms with Crippen molar-refractivity contribution in [3.63, 3.8) is 0 Å². The monoisotopic (exact) mass is 291 g/mol. The molecule has 0 aliphatic rings. The molecule has 0 saturated heterocycles. The summed E-state index contributed by atoms with van der Waals surface area (Å²) in [6, 6.07) is 8.30. The molecule has 2 N–H and O–H groups in total. The number of ether oxygens (including phenoxy) is 1. The summed E-state index contributed by atoms with van der Waals surface area (Å²) in [6.45, 7) is 6.85. The Kier molecular flexibility index (Phi) is 8.51. The van der Waals surface area contributed by atoms with Crippen LogP contribution in [0.3, 0.4) is 0 Å². The second kappa shape index (κ2) is 10.2. The first kappa shape index (κ1) is 17.5. The molecule has 118 valence electrons. The van der Waals surface area contributed by atoms with Crippen molar-refractivity contribution in [3.8, 4) is 0 Å². The molecule has 1 aromatic carbocycles. The average molecular weight is 291 g/mol. The Morgan fingerprint density at radius 1 is 1.19 bits per heavy atom. The molecule has 1 rings (SSSR count). The van der Waals surface area contributed by atoms with Gasteiger partial charge < -0.3 is 15.4 Å². The predicted molar refractivity (Wildman–Crippen MR) is 89.4 cm³/mol. The van der Waals surface area contributed by atoms with Crippen molar-refractivity contribution in [2.24, 2.45) is 10.9 Å². The summed E-state index contributed by atoms with van der Waals surface area (Å²) in [5.74, 6) is 1.61. The Bertz CT molecular complexity index is 430. The van der Waals surface area contributed by atoms with Crippen molar-refractivity contribution in [2.45, 2.75) is 39.8 Å². The first-order valence-corrected chi connectivity index (χ1v) is 7.67. The van der Waals surface area contributed by atoms with Crippen LogP contribution in [0.15, 0.2) is 29.3 Å². The fraction of sp³-hybridized carbons (Fsp3) is 0.588. The van der Waals surface area contributed by atoms with E-state index >= 15 is 0 Å². The van der Waals surface area contributed by atoms with E-state index in [9.17, 15) is 0 Å². The molecule has 1 aromatic rings. The number of nitrogens with one attached hydrogen (secondary N) is 2. The highest BCUT2D eigenvalue weighted by Gasteiger charge is 2.03. The molecule has 0 atom stereocenters. The van der Waals surface area contributed by atoms with E-state index in [2.05, 4.69) is 47.7 Å². The van der Waals surface area contributed by atoms with Crippen molar-refractivity contribution < 1.29 is 4.74 Å². The first-order chi connectivity index (χ1) is 10.2. The molecule has 0 bridgehead atoms. The van der Waals surface area contributed by atoms with E-state index in [0.717, 1.165) is 25.0 Å². The Labute approximate surface area is 129 Å². The van der Waals surface area contributed by atoms with Gasteiger partial charge in [-0.05, 0) is 29.9 Å². The molecule has 0 fully saturated rings. The van der Waals surface area contributed by atoms with E-state index in [1.807, 2.05) is 6.07 Å². The van der Waals surface area contributed by atoms with Gasteiger partial charge in [0.2, 0.25) is 0 Å². The summed E-state index contributed by atoms with van der Waals surface area (Å²) in [7, 11) is 3.53. The highest BCUT2D eigenvalue weighted by molar-refractivity contribution is 5.79. The molecule has 0 aromatic heterocycles. The van der Waals surface area contributed by atoms with Gasteiger partial charge in [0, 0.05) is 27.2 Å². The summed E-state index contributed by atoms with van der Waals surface area (Å²) in [6.07, 6.45) is 2.40. The standard InChI is InChI=1S/C17H29N3O/c1-14(2)8-7-11-19-17(18-3)20-12-15-9-5-6-10-16(15)13-21-4/h5-6,9-10,14H,7-8,11-13H2,1-4H3,(H2,18,19,20). The van der Waals surface area contributed by atoms with Crippen LogP contribution in [-0.4, -0.2) is 26.7 Å². The molecule has 0 saturated carbocycles. The highest BCUT2D eigenvalue weighted by atomic mass is 16.5. The second-order valence-corrected chi connectivity index (χ2v) is 5.59. The minimum atomic E-state index is 0.637. The number of rotatable bonds is 8. The number of hydrogen-bond acceptors (Lipinski definition) is 2. The van der Waals surface area contributed by atoms with Crippen molar-refractivity contribution in [2.75, 3.05) is 20.7 Å². The molecule has 0 heterocycles. The number of methoxy groups -OCH3 is 1. The summed E-state index contributed by atoms with van der Waals surface area (Å²) in [5.41, 5.74) is 2.45. The zero-order chi connectivity index (χ0) is 15.5. The van der Waals surface area contributed by atoms with Crippen molar-refractivity contribution in [1.82, 2.24) is 10.6 Å². The lowest BCUT2D eigenvalue weighted by Crippen LogP contribution is -2.37. The Morgan fingerprint density at radius 2 is 1.90 bits per heavy atom. The van der Waals surface area contributed by atoms with Gasteiger partial charge >= 0.3 is 0 Å². The van der Waals surface area contributed by atoms with Crippen LogP contribution >= 0.6 is 0 Å². The van der Waals surface area contributed by atoms with Gasteiger partial charge in [-0.2, -0.15) is 0 Å². The van der Waals surface area contributed by atoms with Gasteiger partial charge in [-0.3, -0.25) is 4.99 Å². The van der Waals surface area contributed by atoms with Crippen LogP contribution in [0.5, 0.6) is 0 Å². The van der Waals surface area contributed by atoms with E-state index in [1.54, 1.807) is 14.2 Å². The number of aliphatic imine (C=N–C) groups is 1. The molecule has 0 aliphatic carbocycles. The van der Waals surface area contributed by atoms with Crippen LogP contribution in [0.25, 0.3) is 0 Å². The zero-order valence-electron chi connectivity index (χ0n) is 13.8. The third-order valence-corrected chi connectivity index (χ3v) is 3.34. The minimum Gasteiger partial charge on any atom is -0.380 e. The Morgan fingerprint density at radius 3 is 2.52 bits per heavy atom. The third kappa shape index (κ3) is 7.14. The minimum absolute atomic E-state index is 0.637. The smallest absolute Gasteiger partial charge is 0.191 e. The van der Waals surface area contributed by atoms with Crippen molar-refractivity contribution in [1.29, 1.82) is 0 Å². The van der Waals surface area contributed by atoms with Gasteiger partial charge in [0.1, 0.15) is 0 Å². The first-order valence-electron chi connectivity index (χ1n) is 7.67. The molecule has 0 aliphatic heterocycles. The Hall–Kier alpha value is -1.55. The normalized spacial score (nSPS) is 11.8. The summed E-state index contributed by atoms with van der Waals surface area (Å²) < 4.78 is 5.23. The lowest BCUT2D eigenvalue weighted by Gasteiger charge is -2.14. The fourth-order valence-corrected chi connectivity index (χ4v) is 2.14. The van der Waals surface area contributed by atoms with Crippen molar-refractivity contribution >= 4 is 5.96 Å². The van der Waals surface area contributed by atoms with Gasteiger partial charge in [0.15, 0.2) is 5.96 Å². The average Bonchev–Trinajstić information content (AvgIpc) is 2.48. The molecule has 0 radical (unpaired) electrons. The Balaban J connectivity index is 2.41. The molecule has 4 heteroatoms. The fourth-order valence-electron chi connectivity index (χ4n) is 2.14. The van der Waals surface area contributed by atoms with Crippen LogP contribution in [0.4, 0.5) is 0 Å².